The van der Waals surface area contributed by atoms with Gasteiger partial charge in [0.05, 0.1) is 0 Å². The molecule has 1 saturated heterocycles. The number of halogens is 1. The third-order valence-corrected chi connectivity index (χ3v) is 5.61. The van der Waals surface area contributed by atoms with Crippen LogP contribution in [0.25, 0.3) is 0 Å². The van der Waals surface area contributed by atoms with E-state index in [1.807, 2.05) is 30.3 Å². The Morgan fingerprint density at radius 1 is 1.14 bits per heavy atom. The third kappa shape index (κ3) is 5.21. The molecule has 1 fully saturated rings. The molecule has 0 spiro atoms. The molecular weight excluding hydrogens is 392 g/mol. The molecule has 2 aromatic carbocycles. The number of nitrogens with zero attached hydrogens (tertiary/aromatic N) is 1. The Morgan fingerprint density at radius 3 is 2.72 bits per heavy atom. The van der Waals surface area contributed by atoms with Gasteiger partial charge in [0.1, 0.15) is 30.3 Å². The number of aliphatic hydroxyl groups is 1. The monoisotopic (exact) mass is 416 g/mol. The Balaban J connectivity index is 1.25. The third-order valence-electron chi connectivity index (χ3n) is 5.35. The molecule has 2 aliphatic rings. The Morgan fingerprint density at radius 2 is 1.93 bits per heavy atom. The first-order chi connectivity index (χ1) is 14.1. The van der Waals surface area contributed by atoms with Crippen LogP contribution >= 0.6 is 11.6 Å². The number of amides is 1. The zero-order chi connectivity index (χ0) is 20.2. The number of nitrogens with one attached hydrogen (secondary N) is 1. The maximum absolute atomic E-state index is 11.5. The minimum absolute atomic E-state index is 0.0500. The van der Waals surface area contributed by atoms with E-state index >= 15 is 0 Å². The maximum atomic E-state index is 11.5. The number of hydrogen-bond donors (Lipinski definition) is 2. The predicted molar refractivity (Wildman–Crippen MR) is 112 cm³/mol. The van der Waals surface area contributed by atoms with Gasteiger partial charge < -0.3 is 19.9 Å². The average Bonchev–Trinajstić information content (AvgIpc) is 2.71. The van der Waals surface area contributed by atoms with Crippen molar-refractivity contribution >= 4 is 23.2 Å². The molecule has 0 aromatic heterocycles. The molecule has 2 N–H and O–H groups in total. The summed E-state index contributed by atoms with van der Waals surface area (Å²) in [4.78, 5) is 13.7. The lowest BCUT2D eigenvalue weighted by Crippen LogP contribution is -2.49. The van der Waals surface area contributed by atoms with E-state index in [0.717, 1.165) is 42.3 Å². The second-order valence-corrected chi connectivity index (χ2v) is 7.92. The fourth-order valence-corrected chi connectivity index (χ4v) is 3.87. The number of aliphatic hydroxyl groups excluding tert-OH is 1. The van der Waals surface area contributed by atoms with Crippen LogP contribution in [0.2, 0.25) is 5.02 Å². The zero-order valence-electron chi connectivity index (χ0n) is 16.1. The molecule has 0 aliphatic carbocycles. The molecule has 0 saturated carbocycles. The summed E-state index contributed by atoms with van der Waals surface area (Å²) in [6.45, 7) is 2.68. The molecule has 29 heavy (non-hydrogen) atoms. The summed E-state index contributed by atoms with van der Waals surface area (Å²) >= 11 is 5.88. The first-order valence-electron chi connectivity index (χ1n) is 9.95. The molecular formula is C22H25ClN2O4. The van der Waals surface area contributed by atoms with Crippen molar-refractivity contribution in [1.82, 2.24) is 4.90 Å². The number of fused-ring (bicyclic) bond motifs is 1. The van der Waals surface area contributed by atoms with Crippen LogP contribution in [0.5, 0.6) is 11.5 Å². The van der Waals surface area contributed by atoms with Gasteiger partial charge in [-0.05, 0) is 60.9 Å². The highest BCUT2D eigenvalue weighted by molar-refractivity contribution is 6.30. The number of carbonyl (C=O) groups is 1. The fraction of sp³-hybridized carbons (Fsp3) is 0.409. The van der Waals surface area contributed by atoms with Crippen LogP contribution in [0, 0.1) is 0 Å². The van der Waals surface area contributed by atoms with Gasteiger partial charge in [-0.1, -0.05) is 11.6 Å². The van der Waals surface area contributed by atoms with Crippen LogP contribution in [0.1, 0.15) is 18.4 Å². The van der Waals surface area contributed by atoms with Crippen molar-refractivity contribution in [3.05, 3.63) is 53.1 Å². The largest absolute Gasteiger partial charge is 0.492 e. The smallest absolute Gasteiger partial charge is 0.224 e. The highest BCUT2D eigenvalue weighted by Crippen LogP contribution is 2.28. The molecule has 0 radical (unpaired) electrons. The topological polar surface area (TPSA) is 71.0 Å². The lowest BCUT2D eigenvalue weighted by atomic mass is 10.0. The molecule has 2 atom stereocenters. The Bertz CT molecular complexity index is 858. The van der Waals surface area contributed by atoms with Gasteiger partial charge in [0.2, 0.25) is 5.91 Å². The van der Waals surface area contributed by atoms with Gasteiger partial charge in [0.25, 0.3) is 0 Å². The van der Waals surface area contributed by atoms with E-state index < -0.39 is 6.10 Å². The minimum Gasteiger partial charge on any atom is -0.492 e. The second kappa shape index (κ2) is 9.03. The summed E-state index contributed by atoms with van der Waals surface area (Å²) in [6, 6.07) is 13.0. The summed E-state index contributed by atoms with van der Waals surface area (Å²) in [5, 5.41) is 14.1. The van der Waals surface area contributed by atoms with Crippen LogP contribution in [-0.4, -0.2) is 54.4 Å². The number of ether oxygens (including phenoxy) is 2. The number of β-amino-alcohol motifs (C(OH)–C–C–N with tert-alkyl or cyclic N) is 1. The predicted octanol–water partition coefficient (Wildman–Crippen LogP) is 3.12. The first-order valence-corrected chi connectivity index (χ1v) is 10.3. The van der Waals surface area contributed by atoms with Crippen molar-refractivity contribution in [2.45, 2.75) is 31.5 Å². The van der Waals surface area contributed by atoms with Crippen LogP contribution in [-0.2, 0) is 11.2 Å². The first kappa shape index (κ1) is 20.0. The number of benzene rings is 2. The molecule has 7 heteroatoms. The molecule has 0 unspecified atom stereocenters. The maximum Gasteiger partial charge on any atom is 0.224 e. The second-order valence-electron chi connectivity index (χ2n) is 7.48. The van der Waals surface area contributed by atoms with Crippen molar-refractivity contribution in [2.75, 3.05) is 31.6 Å². The summed E-state index contributed by atoms with van der Waals surface area (Å²) in [5.74, 6) is 1.58. The normalized spacial score (nSPS) is 21.9. The summed E-state index contributed by atoms with van der Waals surface area (Å²) in [6.07, 6.45) is 1.16. The fourth-order valence-electron chi connectivity index (χ4n) is 3.75. The van der Waals surface area contributed by atoms with Crippen LogP contribution < -0.4 is 14.8 Å². The minimum atomic E-state index is -0.560. The standard InChI is InChI=1S/C22H25ClN2O4/c23-16-2-4-17(5-3-16)28-12-11-25-10-9-21(20(26)14-25)29-18-6-7-19-15(13-18)1-8-22(27)24-19/h2-7,13,20-21,26H,1,8-12,14H2,(H,24,27)/t20-,21-/m1/s1. The number of carbonyl (C=O) groups excluding carboxylic acids is 1. The van der Waals surface area contributed by atoms with E-state index in [2.05, 4.69) is 10.2 Å². The molecule has 1 amide bonds. The van der Waals surface area contributed by atoms with Crippen LogP contribution in [0.4, 0.5) is 5.69 Å². The molecule has 2 aliphatic heterocycles. The quantitative estimate of drug-likeness (QED) is 0.757. The Kier molecular flexibility index (Phi) is 6.23. The van der Waals surface area contributed by atoms with E-state index in [9.17, 15) is 9.90 Å². The van der Waals surface area contributed by atoms with E-state index in [1.165, 1.54) is 0 Å². The van der Waals surface area contributed by atoms with E-state index in [4.69, 9.17) is 21.1 Å². The van der Waals surface area contributed by atoms with Gasteiger partial charge >= 0.3 is 0 Å². The lowest BCUT2D eigenvalue weighted by molar-refractivity contribution is -0.116. The molecule has 0 bridgehead atoms. The molecule has 2 heterocycles. The number of rotatable bonds is 6. The van der Waals surface area contributed by atoms with Gasteiger partial charge in [-0.15, -0.1) is 0 Å². The van der Waals surface area contributed by atoms with Gasteiger partial charge in [-0.25, -0.2) is 0 Å². The van der Waals surface area contributed by atoms with E-state index in [0.29, 0.717) is 31.0 Å². The van der Waals surface area contributed by atoms with Crippen molar-refractivity contribution < 1.29 is 19.4 Å². The van der Waals surface area contributed by atoms with Gasteiger partial charge in [0, 0.05) is 36.8 Å². The lowest BCUT2D eigenvalue weighted by Gasteiger charge is -2.36. The number of hydrogen-bond acceptors (Lipinski definition) is 5. The van der Waals surface area contributed by atoms with E-state index in [1.54, 1.807) is 12.1 Å². The molecule has 6 nitrogen and oxygen atoms in total. The van der Waals surface area contributed by atoms with E-state index in [-0.39, 0.29) is 12.0 Å². The molecule has 154 valence electrons. The zero-order valence-corrected chi connectivity index (χ0v) is 16.9. The highest BCUT2D eigenvalue weighted by atomic mass is 35.5. The van der Waals surface area contributed by atoms with Crippen LogP contribution in [0.15, 0.2) is 42.5 Å². The number of aryl methyl sites for hydroxylation is 1. The van der Waals surface area contributed by atoms with Crippen molar-refractivity contribution in [1.29, 1.82) is 0 Å². The summed E-state index contributed by atoms with van der Waals surface area (Å²) in [5.41, 5.74) is 1.93. The van der Waals surface area contributed by atoms with Crippen molar-refractivity contribution in [2.24, 2.45) is 0 Å². The van der Waals surface area contributed by atoms with Gasteiger partial charge in [-0.2, -0.15) is 0 Å². The van der Waals surface area contributed by atoms with Crippen LogP contribution in [0.3, 0.4) is 0 Å². The molecule has 2 aromatic rings. The van der Waals surface area contributed by atoms with Gasteiger partial charge in [-0.3, -0.25) is 9.69 Å². The number of likely N-dealkylation sites (tertiary alicyclic amines) is 1. The highest BCUT2D eigenvalue weighted by Gasteiger charge is 2.29. The summed E-state index contributed by atoms with van der Waals surface area (Å²) in [7, 11) is 0. The average molecular weight is 417 g/mol. The number of piperidine rings is 1. The summed E-state index contributed by atoms with van der Waals surface area (Å²) < 4.78 is 11.8. The molecule has 4 rings (SSSR count). The van der Waals surface area contributed by atoms with Crippen molar-refractivity contribution in [3.63, 3.8) is 0 Å². The Hall–Kier alpha value is -2.28. The van der Waals surface area contributed by atoms with Crippen molar-refractivity contribution in [3.8, 4) is 11.5 Å². The Labute approximate surface area is 175 Å². The SMILES string of the molecule is O=C1CCc2cc(O[C@@H]3CCN(CCOc4ccc(Cl)cc4)C[C@H]3O)ccc2N1. The van der Waals surface area contributed by atoms with Gasteiger partial charge in [0.15, 0.2) is 0 Å². The number of anilines is 1.